The van der Waals surface area contributed by atoms with Crippen molar-refractivity contribution in [2.24, 2.45) is 5.41 Å². The molecule has 0 aromatic heterocycles. The first-order chi connectivity index (χ1) is 12.3. The second kappa shape index (κ2) is 6.97. The number of hydrogen-bond acceptors (Lipinski definition) is 4. The lowest BCUT2D eigenvalue weighted by Crippen LogP contribution is -2.50. The number of likely N-dealkylation sites (tertiary alicyclic amines) is 1. The monoisotopic (exact) mass is 360 g/mol. The lowest BCUT2D eigenvalue weighted by Gasteiger charge is -2.38. The number of carbonyl (C=O) groups excluding carboxylic acids is 2. The van der Waals surface area contributed by atoms with Crippen molar-refractivity contribution in [2.45, 2.75) is 39.2 Å². The molecule has 2 atom stereocenters. The first-order valence-electron chi connectivity index (χ1n) is 8.90. The van der Waals surface area contributed by atoms with Gasteiger partial charge in [0.1, 0.15) is 5.75 Å². The molecule has 2 amide bonds. The van der Waals surface area contributed by atoms with Crippen molar-refractivity contribution >= 4 is 23.5 Å². The third kappa shape index (κ3) is 3.38. The van der Waals surface area contributed by atoms with Crippen LogP contribution in [-0.4, -0.2) is 53.5 Å². The average molecular weight is 360 g/mol. The number of rotatable bonds is 4. The number of carboxylic acids is 1. The summed E-state index contributed by atoms with van der Waals surface area (Å²) in [7, 11) is 0. The van der Waals surface area contributed by atoms with Gasteiger partial charge in [-0.25, -0.2) is 0 Å². The molecule has 0 bridgehead atoms. The van der Waals surface area contributed by atoms with Crippen molar-refractivity contribution in [3.05, 3.63) is 24.3 Å². The molecule has 1 fully saturated rings. The third-order valence-corrected chi connectivity index (χ3v) is 5.19. The third-order valence-electron chi connectivity index (χ3n) is 5.19. The molecule has 0 aliphatic carbocycles. The predicted octanol–water partition coefficient (Wildman–Crippen LogP) is 1.90. The van der Waals surface area contributed by atoms with Crippen molar-refractivity contribution < 1.29 is 24.2 Å². The van der Waals surface area contributed by atoms with E-state index in [1.165, 1.54) is 0 Å². The van der Waals surface area contributed by atoms with E-state index in [2.05, 4.69) is 0 Å². The Bertz CT molecular complexity index is 734. The molecule has 2 aliphatic heterocycles. The summed E-state index contributed by atoms with van der Waals surface area (Å²) in [5.41, 5.74) is -0.235. The molecule has 0 radical (unpaired) electrons. The smallest absolute Gasteiger partial charge is 0.311 e. The molecule has 26 heavy (non-hydrogen) atoms. The number of benzene rings is 1. The summed E-state index contributed by atoms with van der Waals surface area (Å²) in [5.74, 6) is -0.545. The van der Waals surface area contributed by atoms with Gasteiger partial charge >= 0.3 is 5.97 Å². The number of anilines is 1. The summed E-state index contributed by atoms with van der Waals surface area (Å²) < 4.78 is 5.60. The van der Waals surface area contributed by atoms with Crippen molar-refractivity contribution in [3.63, 3.8) is 0 Å². The van der Waals surface area contributed by atoms with Gasteiger partial charge in [-0.2, -0.15) is 0 Å². The van der Waals surface area contributed by atoms with Gasteiger partial charge < -0.3 is 19.6 Å². The van der Waals surface area contributed by atoms with E-state index in [4.69, 9.17) is 4.74 Å². The Morgan fingerprint density at radius 3 is 2.81 bits per heavy atom. The Morgan fingerprint density at radius 2 is 2.08 bits per heavy atom. The van der Waals surface area contributed by atoms with Crippen LogP contribution in [0.5, 0.6) is 5.75 Å². The number of para-hydroxylation sites is 2. The second-order valence-electron chi connectivity index (χ2n) is 7.25. The molecular weight excluding hydrogens is 336 g/mol. The topological polar surface area (TPSA) is 87.2 Å². The van der Waals surface area contributed by atoms with Crippen LogP contribution in [0.4, 0.5) is 5.69 Å². The van der Waals surface area contributed by atoms with Crippen LogP contribution >= 0.6 is 0 Å². The molecule has 1 saturated heterocycles. The van der Waals surface area contributed by atoms with Gasteiger partial charge in [-0.1, -0.05) is 12.1 Å². The number of carbonyl (C=O) groups is 3. The predicted molar refractivity (Wildman–Crippen MR) is 95.1 cm³/mol. The number of hydrogen-bond donors (Lipinski definition) is 1. The molecule has 2 unspecified atom stereocenters. The van der Waals surface area contributed by atoms with Crippen molar-refractivity contribution in [2.75, 3.05) is 24.5 Å². The van der Waals surface area contributed by atoms with Crippen LogP contribution in [0.2, 0.25) is 0 Å². The maximum Gasteiger partial charge on any atom is 0.311 e. The lowest BCUT2D eigenvalue weighted by molar-refractivity contribution is -0.153. The quantitative estimate of drug-likeness (QED) is 0.886. The fourth-order valence-corrected chi connectivity index (χ4v) is 3.58. The van der Waals surface area contributed by atoms with Gasteiger partial charge in [0.2, 0.25) is 5.91 Å². The minimum Gasteiger partial charge on any atom is -0.481 e. The fraction of sp³-hybridized carbons (Fsp3) is 0.526. The molecule has 7 nitrogen and oxygen atoms in total. The molecule has 1 N–H and O–H groups in total. The normalized spacial score (nSPS) is 25.5. The highest BCUT2D eigenvalue weighted by atomic mass is 16.5. The van der Waals surface area contributed by atoms with E-state index in [1.807, 2.05) is 12.1 Å². The van der Waals surface area contributed by atoms with E-state index in [-0.39, 0.29) is 31.3 Å². The van der Waals surface area contributed by atoms with Gasteiger partial charge in [0, 0.05) is 26.1 Å². The largest absolute Gasteiger partial charge is 0.481 e. The Morgan fingerprint density at radius 1 is 1.35 bits per heavy atom. The second-order valence-corrected chi connectivity index (χ2v) is 7.25. The highest BCUT2D eigenvalue weighted by molar-refractivity contribution is 6.00. The number of amides is 2. The van der Waals surface area contributed by atoms with E-state index in [0.717, 1.165) is 0 Å². The average Bonchev–Trinajstić information content (AvgIpc) is 2.62. The van der Waals surface area contributed by atoms with Gasteiger partial charge in [0.05, 0.1) is 11.1 Å². The maximum absolute atomic E-state index is 12.6. The standard InChI is InChI=1S/C19H24N2O5/c1-13-17(23)21(14-6-3-4-7-15(14)26-13)11-8-16(22)20-10-5-9-19(2,12-20)18(24)25/h3-4,6-7,13H,5,8-12H2,1-2H3,(H,24,25). The number of carboxylic acid groups (broad SMARTS) is 1. The minimum atomic E-state index is -0.899. The fourth-order valence-electron chi connectivity index (χ4n) is 3.58. The van der Waals surface area contributed by atoms with E-state index >= 15 is 0 Å². The number of nitrogens with zero attached hydrogens (tertiary/aromatic N) is 2. The van der Waals surface area contributed by atoms with Crippen LogP contribution in [0.1, 0.15) is 33.1 Å². The first-order valence-corrected chi connectivity index (χ1v) is 8.90. The van der Waals surface area contributed by atoms with Crippen molar-refractivity contribution in [1.29, 1.82) is 0 Å². The van der Waals surface area contributed by atoms with Crippen LogP contribution in [0.15, 0.2) is 24.3 Å². The van der Waals surface area contributed by atoms with E-state index in [9.17, 15) is 19.5 Å². The summed E-state index contributed by atoms with van der Waals surface area (Å²) in [6.07, 6.45) is 0.803. The summed E-state index contributed by atoms with van der Waals surface area (Å²) in [4.78, 5) is 39.7. The zero-order valence-corrected chi connectivity index (χ0v) is 15.1. The van der Waals surface area contributed by atoms with Gasteiger partial charge in [-0.05, 0) is 38.8 Å². The number of ether oxygens (including phenoxy) is 1. The molecule has 3 rings (SSSR count). The molecule has 2 aliphatic rings. The van der Waals surface area contributed by atoms with E-state index in [0.29, 0.717) is 30.8 Å². The Balaban J connectivity index is 1.68. The van der Waals surface area contributed by atoms with Gasteiger partial charge in [-0.15, -0.1) is 0 Å². The number of fused-ring (bicyclic) bond motifs is 1. The van der Waals surface area contributed by atoms with Crippen molar-refractivity contribution in [1.82, 2.24) is 4.90 Å². The van der Waals surface area contributed by atoms with Crippen molar-refractivity contribution in [3.8, 4) is 5.75 Å². The van der Waals surface area contributed by atoms with E-state index < -0.39 is 17.5 Å². The summed E-state index contributed by atoms with van der Waals surface area (Å²) in [6, 6.07) is 7.26. The maximum atomic E-state index is 12.6. The molecule has 7 heteroatoms. The molecule has 1 aromatic carbocycles. The lowest BCUT2D eigenvalue weighted by atomic mass is 9.82. The van der Waals surface area contributed by atoms with Crippen LogP contribution in [0, 0.1) is 5.41 Å². The molecule has 1 aromatic rings. The molecule has 140 valence electrons. The Kier molecular flexibility index (Phi) is 4.89. The zero-order chi connectivity index (χ0) is 18.9. The molecular formula is C19H24N2O5. The summed E-state index contributed by atoms with van der Waals surface area (Å²) in [5, 5.41) is 9.40. The van der Waals surface area contributed by atoms with Gasteiger partial charge in [-0.3, -0.25) is 14.4 Å². The van der Waals surface area contributed by atoms with E-state index in [1.54, 1.807) is 35.8 Å². The van der Waals surface area contributed by atoms with Gasteiger partial charge in [0.15, 0.2) is 6.10 Å². The first kappa shape index (κ1) is 18.2. The minimum absolute atomic E-state index is 0.124. The molecule has 0 spiro atoms. The Hall–Kier alpha value is -2.57. The summed E-state index contributed by atoms with van der Waals surface area (Å²) >= 11 is 0. The SMILES string of the molecule is CC1Oc2ccccc2N(CCC(=O)N2CCCC(C)(C(=O)O)C2)C1=O. The zero-order valence-electron chi connectivity index (χ0n) is 15.1. The highest BCUT2D eigenvalue weighted by Crippen LogP contribution is 2.34. The number of aliphatic carboxylic acids is 1. The number of piperidine rings is 1. The van der Waals surface area contributed by atoms with Gasteiger partial charge in [0.25, 0.3) is 5.91 Å². The molecule has 2 heterocycles. The van der Waals surface area contributed by atoms with Crippen LogP contribution < -0.4 is 9.64 Å². The van der Waals surface area contributed by atoms with Crippen LogP contribution in [-0.2, 0) is 14.4 Å². The Labute approximate surface area is 152 Å². The highest BCUT2D eigenvalue weighted by Gasteiger charge is 2.39. The van der Waals surface area contributed by atoms with Crippen LogP contribution in [0.3, 0.4) is 0 Å². The molecule has 0 saturated carbocycles. The van der Waals surface area contributed by atoms with Crippen LogP contribution in [0.25, 0.3) is 0 Å². The summed E-state index contributed by atoms with van der Waals surface area (Å²) in [6.45, 7) is 4.40.